The molecule has 0 unspecified atom stereocenters. The van der Waals surface area contributed by atoms with E-state index in [2.05, 4.69) is 16.0 Å². The molecule has 0 aromatic rings. The van der Waals surface area contributed by atoms with Gasteiger partial charge in [0.1, 0.15) is 11.2 Å². The predicted molar refractivity (Wildman–Crippen MR) is 93.0 cm³/mol. The zero-order valence-corrected chi connectivity index (χ0v) is 15.9. The normalized spacial score (nSPS) is 17.8. The minimum atomic E-state index is -0.528. The molecule has 0 aliphatic carbocycles. The minimum Gasteiger partial charge on any atom is -0.444 e. The zero-order valence-electron chi connectivity index (χ0n) is 15.9. The van der Waals surface area contributed by atoms with Crippen molar-refractivity contribution in [1.29, 1.82) is 0 Å². The van der Waals surface area contributed by atoms with Crippen molar-refractivity contribution in [2.24, 2.45) is 5.41 Å². The number of alkyl carbamates (subject to hydrolysis) is 2. The van der Waals surface area contributed by atoms with Crippen LogP contribution >= 0.6 is 0 Å². The van der Waals surface area contributed by atoms with Gasteiger partial charge >= 0.3 is 12.2 Å². The fraction of sp³-hybridized carbons (Fsp3) is 0.882. The second-order valence-corrected chi connectivity index (χ2v) is 8.46. The third-order valence-electron chi connectivity index (χ3n) is 3.68. The molecule has 1 aliphatic rings. The van der Waals surface area contributed by atoms with E-state index in [1.54, 1.807) is 0 Å². The number of ether oxygens (including phenoxy) is 2. The lowest BCUT2D eigenvalue weighted by atomic mass is 9.78. The number of rotatable bonds is 4. The summed E-state index contributed by atoms with van der Waals surface area (Å²) in [6, 6.07) is 0. The van der Waals surface area contributed by atoms with Gasteiger partial charge in [0.2, 0.25) is 0 Å². The molecule has 0 saturated carbocycles. The summed E-state index contributed by atoms with van der Waals surface area (Å²) in [5.41, 5.74) is -1.25. The summed E-state index contributed by atoms with van der Waals surface area (Å²) in [6.45, 7) is 13.6. The Bertz CT molecular complexity index is 398. The van der Waals surface area contributed by atoms with Gasteiger partial charge in [0.05, 0.1) is 0 Å². The van der Waals surface area contributed by atoms with Crippen LogP contribution in [0, 0.1) is 5.41 Å². The first kappa shape index (κ1) is 20.5. The summed E-state index contributed by atoms with van der Waals surface area (Å²) < 4.78 is 10.6. The fourth-order valence-corrected chi connectivity index (χ4v) is 2.52. The molecule has 1 aliphatic heterocycles. The van der Waals surface area contributed by atoms with Gasteiger partial charge in [0.25, 0.3) is 0 Å². The van der Waals surface area contributed by atoms with Crippen LogP contribution in [0.4, 0.5) is 9.59 Å². The molecule has 7 nitrogen and oxygen atoms in total. The maximum atomic E-state index is 11.9. The smallest absolute Gasteiger partial charge is 0.407 e. The lowest BCUT2D eigenvalue weighted by Crippen LogP contribution is -2.51. The lowest BCUT2D eigenvalue weighted by molar-refractivity contribution is 0.0448. The first-order valence-corrected chi connectivity index (χ1v) is 8.55. The third-order valence-corrected chi connectivity index (χ3v) is 3.68. The first-order valence-electron chi connectivity index (χ1n) is 8.55. The Morgan fingerprint density at radius 3 is 1.58 bits per heavy atom. The molecule has 24 heavy (non-hydrogen) atoms. The van der Waals surface area contributed by atoms with E-state index >= 15 is 0 Å². The first-order chi connectivity index (χ1) is 10.9. The van der Waals surface area contributed by atoms with Gasteiger partial charge in [-0.2, -0.15) is 0 Å². The molecule has 7 heteroatoms. The molecular formula is C17H33N3O4. The van der Waals surface area contributed by atoms with Gasteiger partial charge in [-0.25, -0.2) is 9.59 Å². The highest BCUT2D eigenvalue weighted by Gasteiger charge is 2.34. The lowest BCUT2D eigenvalue weighted by Gasteiger charge is -2.38. The summed E-state index contributed by atoms with van der Waals surface area (Å²) in [5, 5.41) is 8.98. The predicted octanol–water partition coefficient (Wildman–Crippen LogP) is 2.41. The standard InChI is InChI=1S/C17H33N3O4/c1-15(2,3)23-13(21)19-11-17(7-9-18-10-8-17)12-20-14(22)24-16(4,5)6/h18H,7-12H2,1-6H3,(H,19,21)(H,20,22). The Hall–Kier alpha value is -1.50. The zero-order chi connectivity index (χ0) is 18.4. The van der Waals surface area contributed by atoms with Crippen LogP contribution < -0.4 is 16.0 Å². The van der Waals surface area contributed by atoms with Gasteiger partial charge in [-0.15, -0.1) is 0 Å². The van der Waals surface area contributed by atoms with E-state index in [1.807, 2.05) is 41.5 Å². The van der Waals surface area contributed by atoms with Crippen molar-refractivity contribution in [3.63, 3.8) is 0 Å². The Morgan fingerprint density at radius 1 is 0.875 bits per heavy atom. The Balaban J connectivity index is 2.56. The van der Waals surface area contributed by atoms with Gasteiger partial charge < -0.3 is 25.4 Å². The molecule has 2 amide bonds. The van der Waals surface area contributed by atoms with Crippen LogP contribution in [0.1, 0.15) is 54.4 Å². The number of piperidine rings is 1. The number of hydrogen-bond acceptors (Lipinski definition) is 5. The maximum absolute atomic E-state index is 11.9. The number of carbonyl (C=O) groups is 2. The number of carbonyl (C=O) groups excluding carboxylic acids is 2. The Kier molecular flexibility index (Phi) is 6.89. The Morgan fingerprint density at radius 2 is 1.25 bits per heavy atom. The summed E-state index contributed by atoms with van der Waals surface area (Å²) in [7, 11) is 0. The number of amides is 2. The molecule has 140 valence electrons. The van der Waals surface area contributed by atoms with Crippen LogP contribution in [0.2, 0.25) is 0 Å². The van der Waals surface area contributed by atoms with Gasteiger partial charge in [0, 0.05) is 18.5 Å². The van der Waals surface area contributed by atoms with Crippen LogP contribution in [-0.4, -0.2) is 49.6 Å². The number of nitrogens with one attached hydrogen (secondary N) is 3. The van der Waals surface area contributed by atoms with E-state index in [4.69, 9.17) is 9.47 Å². The molecule has 1 rings (SSSR count). The fourth-order valence-electron chi connectivity index (χ4n) is 2.52. The minimum absolute atomic E-state index is 0.195. The van der Waals surface area contributed by atoms with Crippen molar-refractivity contribution in [3.05, 3.63) is 0 Å². The molecule has 1 saturated heterocycles. The van der Waals surface area contributed by atoms with E-state index in [9.17, 15) is 9.59 Å². The van der Waals surface area contributed by atoms with Gasteiger partial charge in [-0.3, -0.25) is 0 Å². The summed E-state index contributed by atoms with van der Waals surface area (Å²) in [5.74, 6) is 0. The van der Waals surface area contributed by atoms with Crippen LogP contribution in [0.15, 0.2) is 0 Å². The van der Waals surface area contributed by atoms with E-state index in [0.29, 0.717) is 13.1 Å². The van der Waals surface area contributed by atoms with E-state index in [1.165, 1.54) is 0 Å². The highest BCUT2D eigenvalue weighted by molar-refractivity contribution is 5.68. The van der Waals surface area contributed by atoms with E-state index in [0.717, 1.165) is 25.9 Å². The molecule has 0 aromatic heterocycles. The van der Waals surface area contributed by atoms with Crippen LogP contribution in [-0.2, 0) is 9.47 Å². The van der Waals surface area contributed by atoms with Crippen molar-refractivity contribution in [3.8, 4) is 0 Å². The van der Waals surface area contributed by atoms with Crippen molar-refractivity contribution in [1.82, 2.24) is 16.0 Å². The van der Waals surface area contributed by atoms with Crippen LogP contribution in [0.3, 0.4) is 0 Å². The molecule has 0 spiro atoms. The summed E-state index contributed by atoms with van der Waals surface area (Å²) in [6.07, 6.45) is 0.854. The quantitative estimate of drug-likeness (QED) is 0.729. The second kappa shape index (κ2) is 8.05. The maximum Gasteiger partial charge on any atom is 0.407 e. The highest BCUT2D eigenvalue weighted by Crippen LogP contribution is 2.27. The van der Waals surface area contributed by atoms with E-state index < -0.39 is 23.4 Å². The Labute approximate surface area is 145 Å². The molecule has 0 aromatic carbocycles. The molecule has 0 radical (unpaired) electrons. The van der Waals surface area contributed by atoms with Gasteiger partial charge in [-0.05, 0) is 67.5 Å². The molecular weight excluding hydrogens is 310 g/mol. The second-order valence-electron chi connectivity index (χ2n) is 8.46. The molecule has 1 heterocycles. The molecule has 0 atom stereocenters. The molecule has 1 fully saturated rings. The van der Waals surface area contributed by atoms with Crippen molar-refractivity contribution in [2.45, 2.75) is 65.6 Å². The molecule has 3 N–H and O–H groups in total. The third kappa shape index (κ3) is 8.38. The van der Waals surface area contributed by atoms with Crippen LogP contribution in [0.25, 0.3) is 0 Å². The van der Waals surface area contributed by atoms with Crippen LogP contribution in [0.5, 0.6) is 0 Å². The van der Waals surface area contributed by atoms with Crippen molar-refractivity contribution < 1.29 is 19.1 Å². The highest BCUT2D eigenvalue weighted by atomic mass is 16.6. The SMILES string of the molecule is CC(C)(C)OC(=O)NCC1(CNC(=O)OC(C)(C)C)CCNCC1. The molecule has 0 bridgehead atoms. The van der Waals surface area contributed by atoms with Gasteiger partial charge in [0.15, 0.2) is 0 Å². The van der Waals surface area contributed by atoms with Crippen molar-refractivity contribution in [2.75, 3.05) is 26.2 Å². The van der Waals surface area contributed by atoms with Gasteiger partial charge in [-0.1, -0.05) is 0 Å². The average Bonchev–Trinajstić information content (AvgIpc) is 2.41. The number of hydrogen-bond donors (Lipinski definition) is 3. The summed E-state index contributed by atoms with van der Waals surface area (Å²) in [4.78, 5) is 23.8. The summed E-state index contributed by atoms with van der Waals surface area (Å²) >= 11 is 0. The topological polar surface area (TPSA) is 88.7 Å². The van der Waals surface area contributed by atoms with Crippen molar-refractivity contribution >= 4 is 12.2 Å². The monoisotopic (exact) mass is 343 g/mol. The average molecular weight is 343 g/mol. The largest absolute Gasteiger partial charge is 0.444 e. The van der Waals surface area contributed by atoms with E-state index in [-0.39, 0.29) is 5.41 Å².